The average Bonchev–Trinajstić information content (AvgIpc) is 3.19. The number of hydrogen-bond donors (Lipinski definition) is 6. The van der Waals surface area contributed by atoms with Crippen LogP contribution < -0.4 is 32.7 Å². The molecule has 298 valence electrons. The van der Waals surface area contributed by atoms with Crippen LogP contribution in [0.2, 0.25) is 0 Å². The lowest BCUT2D eigenvalue weighted by atomic mass is 9.99. The first kappa shape index (κ1) is 43.3. The van der Waals surface area contributed by atoms with Crippen LogP contribution in [0.3, 0.4) is 0 Å². The number of nitrogens with two attached hydrogens (primary N) is 2. The molecule has 8 N–H and O–H groups in total. The number of unbranched alkanes of at least 4 members (excludes halogenated alkanes) is 1. The Morgan fingerprint density at radius 2 is 1.42 bits per heavy atom. The molecular formula is C44H62FN7O3. The maximum Gasteiger partial charge on any atom is 0.280 e. The quantitative estimate of drug-likeness (QED) is 0.0653. The molecule has 4 rings (SSSR count). The number of carbonyl (C=O) groups excluding carboxylic acids is 3. The average molecular weight is 756 g/mol. The predicted octanol–water partition coefficient (Wildman–Crippen LogP) is 4.49. The lowest BCUT2D eigenvalue weighted by Crippen LogP contribution is -2.57. The highest BCUT2D eigenvalue weighted by molar-refractivity contribution is 5.95. The number of rotatable bonds is 22. The molecule has 3 amide bonds. The van der Waals surface area contributed by atoms with Crippen LogP contribution in [0.25, 0.3) is 6.08 Å². The van der Waals surface area contributed by atoms with Gasteiger partial charge in [-0.2, -0.15) is 0 Å². The van der Waals surface area contributed by atoms with Crippen molar-refractivity contribution in [3.8, 4) is 0 Å². The Hall–Kier alpha value is -4.42. The van der Waals surface area contributed by atoms with Crippen LogP contribution in [-0.2, 0) is 27.2 Å². The van der Waals surface area contributed by atoms with Gasteiger partial charge in [-0.15, -0.1) is 0 Å². The lowest BCUT2D eigenvalue weighted by molar-refractivity contribution is -0.138. The van der Waals surface area contributed by atoms with E-state index in [2.05, 4.69) is 59.4 Å². The molecule has 0 radical (unpaired) electrons. The highest BCUT2D eigenvalue weighted by atomic mass is 19.1. The topological polar surface area (TPSA) is 155 Å². The van der Waals surface area contributed by atoms with Crippen molar-refractivity contribution in [1.82, 2.24) is 26.2 Å². The third-order valence-electron chi connectivity index (χ3n) is 9.98. The zero-order valence-corrected chi connectivity index (χ0v) is 32.6. The Morgan fingerprint density at radius 1 is 0.818 bits per heavy atom. The van der Waals surface area contributed by atoms with E-state index in [1.54, 1.807) is 29.2 Å². The number of likely N-dealkylation sites (tertiary alicyclic amines) is 1. The molecule has 3 aromatic carbocycles. The van der Waals surface area contributed by atoms with Crippen LogP contribution in [0.1, 0.15) is 69.1 Å². The first-order valence-corrected chi connectivity index (χ1v) is 19.9. The van der Waals surface area contributed by atoms with Gasteiger partial charge in [0, 0.05) is 44.3 Å². The summed E-state index contributed by atoms with van der Waals surface area (Å²) in [5, 5.41) is 13.1. The van der Waals surface area contributed by atoms with E-state index in [4.69, 9.17) is 11.5 Å². The van der Waals surface area contributed by atoms with Crippen molar-refractivity contribution in [1.29, 1.82) is 0 Å². The van der Waals surface area contributed by atoms with Crippen molar-refractivity contribution in [3.63, 3.8) is 0 Å². The maximum atomic E-state index is 14.6. The highest BCUT2D eigenvalue weighted by Gasteiger charge is 2.32. The molecule has 3 aromatic rings. The van der Waals surface area contributed by atoms with E-state index in [-0.39, 0.29) is 35.9 Å². The van der Waals surface area contributed by atoms with Crippen LogP contribution in [0.4, 0.5) is 4.39 Å². The fraction of sp³-hybridized carbons (Fsp3) is 0.477. The van der Waals surface area contributed by atoms with Crippen molar-refractivity contribution >= 4 is 23.8 Å². The van der Waals surface area contributed by atoms with E-state index in [9.17, 15) is 18.8 Å². The number of halogens is 1. The fourth-order valence-electron chi connectivity index (χ4n) is 6.96. The third-order valence-corrected chi connectivity index (χ3v) is 9.98. The Labute approximate surface area is 327 Å². The Balaban J connectivity index is 1.36. The molecule has 11 heteroatoms. The zero-order chi connectivity index (χ0) is 39.4. The molecule has 55 heavy (non-hydrogen) atoms. The Morgan fingerprint density at radius 3 is 2.02 bits per heavy atom. The molecule has 0 spiro atoms. The van der Waals surface area contributed by atoms with Crippen molar-refractivity contribution in [2.75, 3.05) is 32.7 Å². The normalized spacial score (nSPS) is 16.0. The summed E-state index contributed by atoms with van der Waals surface area (Å²) in [5.41, 5.74) is 15.3. The molecular weight excluding hydrogens is 694 g/mol. The van der Waals surface area contributed by atoms with Gasteiger partial charge in [-0.1, -0.05) is 105 Å². The molecule has 0 unspecified atom stereocenters. The Kier molecular flexibility index (Phi) is 18.5. The fourth-order valence-corrected chi connectivity index (χ4v) is 6.96. The number of hydrogen-bond acceptors (Lipinski definition) is 7. The van der Waals surface area contributed by atoms with Crippen LogP contribution in [-0.4, -0.2) is 85.6 Å². The van der Waals surface area contributed by atoms with Crippen molar-refractivity contribution < 1.29 is 18.8 Å². The van der Waals surface area contributed by atoms with Gasteiger partial charge >= 0.3 is 0 Å². The number of piperidine rings is 1. The first-order chi connectivity index (χ1) is 26.6. The standard InChI is InChI=1S/C44H62FN7O3/c1-32(2)26-41(49-31-38(28-34-16-8-4-9-17-34)48-30-36(47)27-33-14-6-3-7-15-33)43(54)51-40(20-12-13-23-46)44(55)52-24-21-37(22-25-52)50-42(53)39(45)29-35-18-10-5-11-19-35/h3-11,14-19,29,32,36-38,40-41,48-49H,12-13,20-28,30-31,46-47H2,1-2H3,(H,50,53)(H,51,54)/b39-29-/t36-,38-,40-,41-/m1/s1. The minimum absolute atomic E-state index is 0.0118. The molecule has 0 aromatic heterocycles. The van der Waals surface area contributed by atoms with Gasteiger partial charge in [-0.25, -0.2) is 4.39 Å². The third kappa shape index (κ3) is 15.7. The smallest absolute Gasteiger partial charge is 0.280 e. The van der Waals surface area contributed by atoms with E-state index >= 15 is 0 Å². The second kappa shape index (κ2) is 23.5. The summed E-state index contributed by atoms with van der Waals surface area (Å²) in [6, 6.07) is 27.8. The van der Waals surface area contributed by atoms with Crippen LogP contribution >= 0.6 is 0 Å². The SMILES string of the molecule is CC(C)C[C@@H](NC[C@@H](Cc1ccccc1)NC[C@H](N)Cc1ccccc1)C(=O)N[C@H](CCCCN)C(=O)N1CCC(NC(=O)/C(F)=C/c2ccccc2)CC1. The van der Waals surface area contributed by atoms with Gasteiger partial charge in [0.2, 0.25) is 11.8 Å². The second-order valence-corrected chi connectivity index (χ2v) is 15.2. The molecule has 4 atom stereocenters. The summed E-state index contributed by atoms with van der Waals surface area (Å²) in [5.74, 6) is -1.74. The number of amides is 3. The van der Waals surface area contributed by atoms with E-state index in [0.29, 0.717) is 70.4 Å². The largest absolute Gasteiger partial charge is 0.347 e. The van der Waals surface area contributed by atoms with Crippen molar-refractivity contribution in [2.45, 2.75) is 95.4 Å². The molecule has 1 aliphatic rings. The van der Waals surface area contributed by atoms with Gasteiger partial charge in [-0.05, 0) is 86.6 Å². The Bertz CT molecular complexity index is 1600. The summed E-state index contributed by atoms with van der Waals surface area (Å²) in [4.78, 5) is 42.3. The van der Waals surface area contributed by atoms with Gasteiger partial charge in [-0.3, -0.25) is 14.4 Å². The van der Waals surface area contributed by atoms with Gasteiger partial charge in [0.1, 0.15) is 6.04 Å². The second-order valence-electron chi connectivity index (χ2n) is 15.2. The molecule has 0 saturated carbocycles. The number of nitrogens with one attached hydrogen (secondary N) is 4. The van der Waals surface area contributed by atoms with E-state index in [0.717, 1.165) is 19.3 Å². The van der Waals surface area contributed by atoms with E-state index in [1.165, 1.54) is 17.2 Å². The highest BCUT2D eigenvalue weighted by Crippen LogP contribution is 2.17. The number of benzene rings is 3. The van der Waals surface area contributed by atoms with Crippen LogP contribution in [0.5, 0.6) is 0 Å². The summed E-state index contributed by atoms with van der Waals surface area (Å²) >= 11 is 0. The molecule has 10 nitrogen and oxygen atoms in total. The number of nitrogens with zero attached hydrogens (tertiary/aromatic N) is 1. The van der Waals surface area contributed by atoms with E-state index < -0.39 is 23.8 Å². The summed E-state index contributed by atoms with van der Waals surface area (Å²) in [6.07, 6.45) is 6.21. The van der Waals surface area contributed by atoms with Crippen LogP contribution in [0.15, 0.2) is 96.8 Å². The summed E-state index contributed by atoms with van der Waals surface area (Å²) < 4.78 is 14.6. The van der Waals surface area contributed by atoms with Crippen LogP contribution in [0, 0.1) is 5.92 Å². The zero-order valence-electron chi connectivity index (χ0n) is 32.6. The van der Waals surface area contributed by atoms with Crippen molar-refractivity contribution in [2.24, 2.45) is 17.4 Å². The van der Waals surface area contributed by atoms with Gasteiger partial charge in [0.25, 0.3) is 5.91 Å². The molecule has 1 aliphatic heterocycles. The van der Waals surface area contributed by atoms with Gasteiger partial charge in [0.15, 0.2) is 5.83 Å². The van der Waals surface area contributed by atoms with E-state index in [1.807, 2.05) is 42.5 Å². The molecule has 1 heterocycles. The minimum atomic E-state index is -0.856. The molecule has 1 fully saturated rings. The van der Waals surface area contributed by atoms with Gasteiger partial charge in [0.05, 0.1) is 6.04 Å². The maximum absolute atomic E-state index is 14.6. The monoisotopic (exact) mass is 755 g/mol. The predicted molar refractivity (Wildman–Crippen MR) is 219 cm³/mol. The minimum Gasteiger partial charge on any atom is -0.347 e. The van der Waals surface area contributed by atoms with Crippen molar-refractivity contribution in [3.05, 3.63) is 114 Å². The lowest BCUT2D eigenvalue weighted by Gasteiger charge is -2.35. The molecule has 0 bridgehead atoms. The number of carbonyl (C=O) groups is 3. The molecule has 0 aliphatic carbocycles. The summed E-state index contributed by atoms with van der Waals surface area (Å²) in [6.45, 7) is 6.60. The molecule has 1 saturated heterocycles. The summed E-state index contributed by atoms with van der Waals surface area (Å²) in [7, 11) is 0. The van der Waals surface area contributed by atoms with Gasteiger partial charge < -0.3 is 37.6 Å². The first-order valence-electron chi connectivity index (χ1n) is 19.9.